The maximum absolute atomic E-state index is 13.7. The molecule has 0 aliphatic heterocycles. The summed E-state index contributed by atoms with van der Waals surface area (Å²) in [6.45, 7) is 4.09. The van der Waals surface area contributed by atoms with Crippen LogP contribution in [0.15, 0.2) is 83.3 Å². The van der Waals surface area contributed by atoms with E-state index in [0.717, 1.165) is 21.8 Å². The number of aromatic nitrogens is 2. The van der Waals surface area contributed by atoms with E-state index in [1.54, 1.807) is 36.3 Å². The molecule has 0 spiro atoms. The van der Waals surface area contributed by atoms with Crippen LogP contribution in [0.25, 0.3) is 0 Å². The summed E-state index contributed by atoms with van der Waals surface area (Å²) >= 11 is 2.72. The van der Waals surface area contributed by atoms with Gasteiger partial charge >= 0.3 is 0 Å². The molecule has 1 unspecified atom stereocenters. The van der Waals surface area contributed by atoms with Gasteiger partial charge in [-0.2, -0.15) is 0 Å². The van der Waals surface area contributed by atoms with Crippen LogP contribution in [0.4, 0.5) is 5.69 Å². The van der Waals surface area contributed by atoms with Gasteiger partial charge in [0.1, 0.15) is 11.8 Å². The Morgan fingerprint density at radius 2 is 1.70 bits per heavy atom. The highest BCUT2D eigenvalue weighted by Crippen LogP contribution is 2.30. The van der Waals surface area contributed by atoms with Gasteiger partial charge in [0.15, 0.2) is 5.16 Å². The minimum atomic E-state index is -0.810. The SMILES string of the molecule is COc1ccc(NC(=O)C(c2cccs2)N(Cc2ccccc2)C(=O)CSc2nc(C)cc(C)n2)cc1. The Labute approximate surface area is 224 Å². The van der Waals surface area contributed by atoms with Crippen molar-refractivity contribution < 1.29 is 14.3 Å². The third-order valence-electron chi connectivity index (χ3n) is 5.53. The van der Waals surface area contributed by atoms with E-state index in [4.69, 9.17) is 4.74 Å². The smallest absolute Gasteiger partial charge is 0.252 e. The first-order valence-corrected chi connectivity index (χ1v) is 13.6. The zero-order valence-electron chi connectivity index (χ0n) is 20.9. The Balaban J connectivity index is 1.63. The number of anilines is 1. The Kier molecular flexibility index (Phi) is 8.92. The fourth-order valence-electron chi connectivity index (χ4n) is 3.83. The van der Waals surface area contributed by atoms with Crippen LogP contribution >= 0.6 is 23.1 Å². The first-order chi connectivity index (χ1) is 17.9. The molecule has 0 aliphatic carbocycles. The van der Waals surface area contributed by atoms with Crippen molar-refractivity contribution in [1.82, 2.24) is 14.9 Å². The monoisotopic (exact) mass is 532 g/mol. The minimum Gasteiger partial charge on any atom is -0.497 e. The first kappa shape index (κ1) is 26.4. The average Bonchev–Trinajstić information content (AvgIpc) is 3.42. The number of hydrogen-bond donors (Lipinski definition) is 1. The Morgan fingerprint density at radius 3 is 2.32 bits per heavy atom. The predicted octanol–water partition coefficient (Wildman–Crippen LogP) is 5.66. The Hall–Kier alpha value is -3.69. The first-order valence-electron chi connectivity index (χ1n) is 11.7. The minimum absolute atomic E-state index is 0.105. The number of hydrogen-bond acceptors (Lipinski definition) is 7. The van der Waals surface area contributed by atoms with Crippen molar-refractivity contribution in [3.05, 3.63) is 100 Å². The number of aryl methyl sites for hydroxylation is 2. The van der Waals surface area contributed by atoms with Gasteiger partial charge in [-0.1, -0.05) is 48.2 Å². The zero-order valence-corrected chi connectivity index (χ0v) is 22.5. The molecule has 0 fully saturated rings. The molecule has 0 radical (unpaired) electrons. The molecule has 0 aliphatic rings. The van der Waals surface area contributed by atoms with Crippen LogP contribution in [0.2, 0.25) is 0 Å². The number of nitrogens with one attached hydrogen (secondary N) is 1. The molecule has 7 nitrogen and oxygen atoms in total. The fourth-order valence-corrected chi connectivity index (χ4v) is 5.50. The van der Waals surface area contributed by atoms with Crippen molar-refractivity contribution in [2.45, 2.75) is 31.6 Å². The molecule has 190 valence electrons. The highest BCUT2D eigenvalue weighted by molar-refractivity contribution is 7.99. The lowest BCUT2D eigenvalue weighted by Crippen LogP contribution is -2.41. The standard InChI is InChI=1S/C28H28N4O3S2/c1-19-16-20(2)30-28(29-19)37-18-25(33)32(17-21-8-5-4-6-9-21)26(24-10-7-15-36-24)27(34)31-22-11-13-23(35-3)14-12-22/h4-16,26H,17-18H2,1-3H3,(H,31,34). The van der Waals surface area contributed by atoms with Gasteiger partial charge in [0, 0.05) is 28.5 Å². The quantitative estimate of drug-likeness (QED) is 0.209. The van der Waals surface area contributed by atoms with Gasteiger partial charge in [0.25, 0.3) is 5.91 Å². The van der Waals surface area contributed by atoms with Crippen LogP contribution in [0.3, 0.4) is 0 Å². The summed E-state index contributed by atoms with van der Waals surface area (Å²) in [6.07, 6.45) is 0. The molecule has 0 bridgehead atoms. The number of ether oxygens (including phenoxy) is 1. The summed E-state index contributed by atoms with van der Waals surface area (Å²) < 4.78 is 5.22. The summed E-state index contributed by atoms with van der Waals surface area (Å²) in [4.78, 5) is 38.7. The number of benzene rings is 2. The van der Waals surface area contributed by atoms with Crippen molar-refractivity contribution in [3.8, 4) is 5.75 Å². The molecule has 1 N–H and O–H groups in total. The molecule has 2 aromatic heterocycles. The van der Waals surface area contributed by atoms with Gasteiger partial charge in [-0.05, 0) is 61.2 Å². The van der Waals surface area contributed by atoms with Gasteiger partial charge in [-0.15, -0.1) is 11.3 Å². The molecule has 2 amide bonds. The van der Waals surface area contributed by atoms with Crippen molar-refractivity contribution in [1.29, 1.82) is 0 Å². The van der Waals surface area contributed by atoms with Crippen LogP contribution in [0.1, 0.15) is 27.9 Å². The van der Waals surface area contributed by atoms with Crippen molar-refractivity contribution in [3.63, 3.8) is 0 Å². The number of rotatable bonds is 10. The second-order valence-corrected chi connectivity index (χ2v) is 10.3. The molecule has 0 saturated heterocycles. The molecule has 2 heterocycles. The fraction of sp³-hybridized carbons (Fsp3) is 0.214. The molecule has 2 aromatic carbocycles. The summed E-state index contributed by atoms with van der Waals surface area (Å²) in [5.74, 6) is 0.330. The molecule has 37 heavy (non-hydrogen) atoms. The Bertz CT molecular complexity index is 1310. The molecular weight excluding hydrogens is 504 g/mol. The van der Waals surface area contributed by atoms with Crippen molar-refractivity contribution >= 4 is 40.6 Å². The highest BCUT2D eigenvalue weighted by Gasteiger charge is 2.32. The summed E-state index contributed by atoms with van der Waals surface area (Å²) in [7, 11) is 1.59. The number of amides is 2. The van der Waals surface area contributed by atoms with E-state index < -0.39 is 6.04 Å². The van der Waals surface area contributed by atoms with Crippen LogP contribution in [0.5, 0.6) is 5.75 Å². The van der Waals surface area contributed by atoms with Crippen molar-refractivity contribution in [2.24, 2.45) is 0 Å². The van der Waals surface area contributed by atoms with Crippen LogP contribution in [-0.4, -0.2) is 39.5 Å². The van der Waals surface area contributed by atoms with E-state index in [9.17, 15) is 9.59 Å². The number of carbonyl (C=O) groups excluding carboxylic acids is 2. The zero-order chi connectivity index (χ0) is 26.2. The molecule has 0 saturated carbocycles. The van der Waals surface area contributed by atoms with Gasteiger partial charge < -0.3 is 15.0 Å². The van der Waals surface area contributed by atoms with Gasteiger partial charge in [-0.3, -0.25) is 9.59 Å². The van der Waals surface area contributed by atoms with E-state index in [0.29, 0.717) is 16.6 Å². The molecule has 1 atom stereocenters. The maximum atomic E-state index is 13.7. The lowest BCUT2D eigenvalue weighted by molar-refractivity contribution is -0.137. The third kappa shape index (κ3) is 7.18. The molecule has 9 heteroatoms. The average molecular weight is 533 g/mol. The maximum Gasteiger partial charge on any atom is 0.252 e. The number of thioether (sulfide) groups is 1. The van der Waals surface area contributed by atoms with Crippen molar-refractivity contribution in [2.75, 3.05) is 18.2 Å². The van der Waals surface area contributed by atoms with Crippen LogP contribution in [-0.2, 0) is 16.1 Å². The van der Waals surface area contributed by atoms with Crippen LogP contribution in [0, 0.1) is 13.8 Å². The number of nitrogens with zero attached hydrogens (tertiary/aromatic N) is 3. The second kappa shape index (κ2) is 12.5. The predicted molar refractivity (Wildman–Crippen MR) is 148 cm³/mol. The van der Waals surface area contributed by atoms with Crippen LogP contribution < -0.4 is 10.1 Å². The number of thiophene rings is 1. The lowest BCUT2D eigenvalue weighted by atomic mass is 10.1. The second-order valence-electron chi connectivity index (χ2n) is 8.36. The molecular formula is C28H28N4O3S2. The number of methoxy groups -OCH3 is 1. The van der Waals surface area contributed by atoms with E-state index in [2.05, 4.69) is 15.3 Å². The van der Waals surface area contributed by atoms with E-state index in [-0.39, 0.29) is 24.1 Å². The van der Waals surface area contributed by atoms with E-state index >= 15 is 0 Å². The van der Waals surface area contributed by atoms with E-state index in [1.165, 1.54) is 23.1 Å². The topological polar surface area (TPSA) is 84.4 Å². The lowest BCUT2D eigenvalue weighted by Gasteiger charge is -2.30. The highest BCUT2D eigenvalue weighted by atomic mass is 32.2. The van der Waals surface area contributed by atoms with Gasteiger partial charge in [0.2, 0.25) is 5.91 Å². The molecule has 4 aromatic rings. The third-order valence-corrected chi connectivity index (χ3v) is 7.29. The Morgan fingerprint density at radius 1 is 1.00 bits per heavy atom. The summed E-state index contributed by atoms with van der Waals surface area (Å²) in [6, 6.07) is 21.6. The van der Waals surface area contributed by atoms with Gasteiger partial charge in [0.05, 0.1) is 12.9 Å². The number of carbonyl (C=O) groups is 2. The molecule has 4 rings (SSSR count). The normalized spacial score (nSPS) is 11.5. The largest absolute Gasteiger partial charge is 0.497 e. The summed E-state index contributed by atoms with van der Waals surface area (Å²) in [5, 5.41) is 5.43. The summed E-state index contributed by atoms with van der Waals surface area (Å²) in [5.41, 5.74) is 3.25. The van der Waals surface area contributed by atoms with Gasteiger partial charge in [-0.25, -0.2) is 9.97 Å². The van der Waals surface area contributed by atoms with E-state index in [1.807, 2.05) is 67.8 Å².